The third-order valence-electron chi connectivity index (χ3n) is 3.14. The molecule has 3 aromatic rings. The summed E-state index contributed by atoms with van der Waals surface area (Å²) in [7, 11) is 0. The maximum atomic E-state index is 11.8. The summed E-state index contributed by atoms with van der Waals surface area (Å²) in [6.45, 7) is 0. The van der Waals surface area contributed by atoms with Gasteiger partial charge in [0.1, 0.15) is 11.5 Å². The number of non-ortho nitro benzene ring substituents is 1. The molecule has 3 rings (SSSR count). The molecule has 1 N–H and O–H groups in total. The molecule has 0 unspecified atom stereocenters. The topological polar surface area (TPSA) is 97.7 Å². The molecule has 0 atom stereocenters. The van der Waals surface area contributed by atoms with Gasteiger partial charge in [-0.25, -0.2) is 5.43 Å². The Kier molecular flexibility index (Phi) is 4.92. The number of hydrazone groups is 1. The average molecular weight is 376 g/mol. The van der Waals surface area contributed by atoms with Gasteiger partial charge in [0.05, 0.1) is 20.4 Å². The Morgan fingerprint density at radius 1 is 1.20 bits per heavy atom. The van der Waals surface area contributed by atoms with Crippen LogP contribution in [0.3, 0.4) is 0 Å². The fourth-order valence-electron chi connectivity index (χ4n) is 1.97. The van der Waals surface area contributed by atoms with Gasteiger partial charge in [0.15, 0.2) is 0 Å². The summed E-state index contributed by atoms with van der Waals surface area (Å²) >= 11 is 6.92. The van der Waals surface area contributed by atoms with E-state index in [1.807, 2.05) is 0 Å². The van der Waals surface area contributed by atoms with Crippen LogP contribution in [-0.4, -0.2) is 17.0 Å². The molecule has 0 radical (unpaired) electrons. The second kappa shape index (κ2) is 7.29. The monoisotopic (exact) mass is 375 g/mol. The first-order valence-electron chi connectivity index (χ1n) is 6.96. The molecule has 9 heteroatoms. The zero-order valence-corrected chi connectivity index (χ0v) is 14.1. The van der Waals surface area contributed by atoms with E-state index in [1.165, 1.54) is 18.3 Å². The Morgan fingerprint density at radius 3 is 2.60 bits per heavy atom. The molecule has 2 heterocycles. The van der Waals surface area contributed by atoms with Gasteiger partial charge in [-0.3, -0.25) is 14.9 Å². The van der Waals surface area contributed by atoms with Crippen LogP contribution in [0.1, 0.15) is 15.4 Å². The average Bonchev–Trinajstić information content (AvgIpc) is 3.24. The van der Waals surface area contributed by atoms with Crippen molar-refractivity contribution in [1.82, 2.24) is 5.43 Å². The number of benzene rings is 1. The number of rotatable bonds is 5. The second-order valence-corrected chi connectivity index (χ2v) is 6.52. The van der Waals surface area contributed by atoms with Crippen LogP contribution in [0.15, 0.2) is 58.0 Å². The molecule has 0 fully saturated rings. The molecule has 0 bridgehead atoms. The molecule has 0 spiro atoms. The largest absolute Gasteiger partial charge is 0.455 e. The lowest BCUT2D eigenvalue weighted by atomic mass is 10.1. The summed E-state index contributed by atoms with van der Waals surface area (Å²) in [6, 6.07) is 12.6. The van der Waals surface area contributed by atoms with Crippen molar-refractivity contribution >= 4 is 40.7 Å². The van der Waals surface area contributed by atoms with Crippen LogP contribution >= 0.6 is 22.9 Å². The van der Waals surface area contributed by atoms with E-state index < -0.39 is 4.92 Å². The molecule has 0 saturated carbocycles. The van der Waals surface area contributed by atoms with Crippen LogP contribution in [0.5, 0.6) is 0 Å². The van der Waals surface area contributed by atoms with Gasteiger partial charge in [-0.2, -0.15) is 5.10 Å². The van der Waals surface area contributed by atoms with Crippen LogP contribution < -0.4 is 5.43 Å². The number of carbonyl (C=O) groups is 1. The molecular weight excluding hydrogens is 366 g/mol. The van der Waals surface area contributed by atoms with Gasteiger partial charge in [-0.05, 0) is 36.4 Å². The maximum Gasteiger partial charge on any atom is 0.281 e. The van der Waals surface area contributed by atoms with Gasteiger partial charge in [0.2, 0.25) is 0 Å². The molecule has 0 aliphatic heterocycles. The number of furan rings is 1. The van der Waals surface area contributed by atoms with Crippen LogP contribution in [0.2, 0.25) is 4.34 Å². The van der Waals surface area contributed by atoms with E-state index in [-0.39, 0.29) is 11.6 Å². The standard InChI is InChI=1S/C16H10ClN3O4S/c17-15-8-7-14(25-15)16(21)19-18-9-12-5-6-13(24-12)10-1-3-11(4-2-10)20(22)23/h1-9H,(H,19,21). The predicted molar refractivity (Wildman–Crippen MR) is 95.2 cm³/mol. The highest BCUT2D eigenvalue weighted by Crippen LogP contribution is 2.24. The smallest absolute Gasteiger partial charge is 0.281 e. The Morgan fingerprint density at radius 2 is 1.96 bits per heavy atom. The first-order valence-corrected chi connectivity index (χ1v) is 8.16. The van der Waals surface area contributed by atoms with Crippen molar-refractivity contribution < 1.29 is 14.1 Å². The van der Waals surface area contributed by atoms with E-state index in [0.717, 1.165) is 11.3 Å². The molecule has 0 aliphatic carbocycles. The summed E-state index contributed by atoms with van der Waals surface area (Å²) in [5.41, 5.74) is 3.08. The van der Waals surface area contributed by atoms with Crippen LogP contribution in [0.25, 0.3) is 11.3 Å². The van der Waals surface area contributed by atoms with E-state index in [1.54, 1.807) is 36.4 Å². The number of hydrogen-bond donors (Lipinski definition) is 1. The number of carbonyl (C=O) groups excluding carboxylic acids is 1. The van der Waals surface area contributed by atoms with Crippen molar-refractivity contribution in [2.75, 3.05) is 0 Å². The number of nitrogens with one attached hydrogen (secondary N) is 1. The quantitative estimate of drug-likeness (QED) is 0.407. The van der Waals surface area contributed by atoms with Crippen molar-refractivity contribution in [3.8, 4) is 11.3 Å². The van der Waals surface area contributed by atoms with Crippen molar-refractivity contribution in [3.63, 3.8) is 0 Å². The van der Waals surface area contributed by atoms with Crippen LogP contribution in [-0.2, 0) is 0 Å². The fraction of sp³-hybridized carbons (Fsp3) is 0. The summed E-state index contributed by atoms with van der Waals surface area (Å²) in [5, 5.41) is 14.5. The molecule has 7 nitrogen and oxygen atoms in total. The number of nitro benzene ring substituents is 1. The lowest BCUT2D eigenvalue weighted by Gasteiger charge is -1.96. The van der Waals surface area contributed by atoms with Gasteiger partial charge >= 0.3 is 0 Å². The van der Waals surface area contributed by atoms with Gasteiger partial charge < -0.3 is 4.42 Å². The van der Waals surface area contributed by atoms with E-state index >= 15 is 0 Å². The van der Waals surface area contributed by atoms with Gasteiger partial charge in [0.25, 0.3) is 11.6 Å². The van der Waals surface area contributed by atoms with E-state index in [0.29, 0.717) is 26.3 Å². The number of hydrogen-bond acceptors (Lipinski definition) is 6. The molecule has 25 heavy (non-hydrogen) atoms. The predicted octanol–water partition coefficient (Wildman–Crippen LogP) is 4.33. The van der Waals surface area contributed by atoms with Crippen molar-refractivity contribution in [2.24, 2.45) is 5.10 Å². The van der Waals surface area contributed by atoms with Crippen molar-refractivity contribution in [3.05, 3.63) is 73.6 Å². The lowest BCUT2D eigenvalue weighted by Crippen LogP contribution is -2.15. The number of halogens is 1. The fourth-order valence-corrected chi connectivity index (χ4v) is 2.90. The summed E-state index contributed by atoms with van der Waals surface area (Å²) in [5.74, 6) is 0.598. The highest BCUT2D eigenvalue weighted by atomic mass is 35.5. The Bertz CT molecular complexity index is 946. The third kappa shape index (κ3) is 4.11. The number of thiophene rings is 1. The molecule has 1 aromatic carbocycles. The minimum Gasteiger partial charge on any atom is -0.455 e. The Balaban J connectivity index is 1.65. The van der Waals surface area contributed by atoms with E-state index in [2.05, 4.69) is 10.5 Å². The Labute approximate surface area is 150 Å². The van der Waals surface area contributed by atoms with Crippen LogP contribution in [0.4, 0.5) is 5.69 Å². The highest BCUT2D eigenvalue weighted by Gasteiger charge is 2.09. The first-order chi connectivity index (χ1) is 12.0. The number of nitro groups is 1. The maximum absolute atomic E-state index is 11.8. The first kappa shape index (κ1) is 16.9. The number of nitrogens with zero attached hydrogens (tertiary/aromatic N) is 2. The summed E-state index contributed by atoms with van der Waals surface area (Å²) < 4.78 is 6.09. The van der Waals surface area contributed by atoms with Gasteiger partial charge in [-0.1, -0.05) is 11.6 Å². The molecule has 126 valence electrons. The van der Waals surface area contributed by atoms with Gasteiger partial charge in [-0.15, -0.1) is 11.3 Å². The molecule has 0 saturated heterocycles. The summed E-state index contributed by atoms with van der Waals surface area (Å²) in [4.78, 5) is 22.4. The molecule has 2 aromatic heterocycles. The number of amides is 1. The van der Waals surface area contributed by atoms with E-state index in [4.69, 9.17) is 16.0 Å². The second-order valence-electron chi connectivity index (χ2n) is 4.81. The Hall–Kier alpha value is -2.97. The molecular formula is C16H10ClN3O4S. The minimum atomic E-state index is -0.465. The minimum absolute atomic E-state index is 0.00786. The summed E-state index contributed by atoms with van der Waals surface area (Å²) in [6.07, 6.45) is 1.36. The van der Waals surface area contributed by atoms with Gasteiger partial charge in [0, 0.05) is 17.7 Å². The zero-order valence-electron chi connectivity index (χ0n) is 12.5. The normalized spacial score (nSPS) is 10.9. The van der Waals surface area contributed by atoms with Crippen molar-refractivity contribution in [1.29, 1.82) is 0 Å². The highest BCUT2D eigenvalue weighted by molar-refractivity contribution is 7.17. The lowest BCUT2D eigenvalue weighted by molar-refractivity contribution is -0.384. The van der Waals surface area contributed by atoms with Crippen LogP contribution in [0, 0.1) is 10.1 Å². The molecule has 0 aliphatic rings. The zero-order chi connectivity index (χ0) is 17.8. The SMILES string of the molecule is O=C(NN=Cc1ccc(-c2ccc([N+](=O)[O-])cc2)o1)c1ccc(Cl)s1. The third-order valence-corrected chi connectivity index (χ3v) is 4.37. The van der Waals surface area contributed by atoms with Crippen molar-refractivity contribution in [2.45, 2.75) is 0 Å². The van der Waals surface area contributed by atoms with E-state index in [9.17, 15) is 14.9 Å². The molecule has 1 amide bonds.